The van der Waals surface area contributed by atoms with E-state index < -0.39 is 22.0 Å². The fourth-order valence-electron chi connectivity index (χ4n) is 1.45. The van der Waals surface area contributed by atoms with Crippen molar-refractivity contribution in [3.8, 4) is 0 Å². The summed E-state index contributed by atoms with van der Waals surface area (Å²) < 4.78 is 27.1. The van der Waals surface area contributed by atoms with Crippen molar-refractivity contribution in [2.45, 2.75) is 24.8 Å². The highest BCUT2D eigenvalue weighted by molar-refractivity contribution is 9.10. The predicted molar refractivity (Wildman–Crippen MR) is 76.7 cm³/mol. The summed E-state index contributed by atoms with van der Waals surface area (Å²) in [7, 11) is -3.84. The monoisotopic (exact) mass is 349 g/mol. The number of nitrogens with two attached hydrogens (primary N) is 2. The number of benzene rings is 1. The number of anilines is 1. The lowest BCUT2D eigenvalue weighted by Crippen LogP contribution is -2.47. The molecule has 0 aliphatic rings. The molecule has 106 valence electrons. The minimum absolute atomic E-state index is 0.0138. The van der Waals surface area contributed by atoms with Crippen molar-refractivity contribution in [3.63, 3.8) is 0 Å². The van der Waals surface area contributed by atoms with E-state index in [1.807, 2.05) is 0 Å². The quantitative estimate of drug-likeness (QED) is 0.682. The van der Waals surface area contributed by atoms with Gasteiger partial charge in [-0.15, -0.1) is 0 Å². The molecule has 6 nitrogen and oxygen atoms in total. The van der Waals surface area contributed by atoms with Crippen molar-refractivity contribution in [2.75, 3.05) is 5.73 Å². The number of primary amides is 1. The first kappa shape index (κ1) is 15.9. The maximum atomic E-state index is 12.1. The second-order valence-electron chi connectivity index (χ2n) is 4.43. The third-order valence-electron chi connectivity index (χ3n) is 2.53. The molecule has 0 fully saturated rings. The van der Waals surface area contributed by atoms with Crippen molar-refractivity contribution in [3.05, 3.63) is 22.7 Å². The van der Waals surface area contributed by atoms with Crippen molar-refractivity contribution in [1.29, 1.82) is 0 Å². The molecule has 0 aromatic heterocycles. The number of sulfonamides is 1. The van der Waals surface area contributed by atoms with Gasteiger partial charge in [-0.2, -0.15) is 4.72 Å². The lowest BCUT2D eigenvalue weighted by Gasteiger charge is -2.19. The molecule has 8 heteroatoms. The smallest absolute Gasteiger partial charge is 0.241 e. The lowest BCUT2D eigenvalue weighted by atomic mass is 10.1. The maximum Gasteiger partial charge on any atom is 0.241 e. The van der Waals surface area contributed by atoms with E-state index in [1.165, 1.54) is 18.2 Å². The molecule has 5 N–H and O–H groups in total. The summed E-state index contributed by atoms with van der Waals surface area (Å²) in [4.78, 5) is 11.2. The van der Waals surface area contributed by atoms with Crippen LogP contribution < -0.4 is 16.2 Å². The lowest BCUT2D eigenvalue weighted by molar-refractivity contribution is -0.120. The first-order valence-electron chi connectivity index (χ1n) is 5.52. The van der Waals surface area contributed by atoms with Gasteiger partial charge in [0.1, 0.15) is 6.04 Å². The average Bonchev–Trinajstić information content (AvgIpc) is 2.28. The fraction of sp³-hybridized carbons (Fsp3) is 0.364. The van der Waals surface area contributed by atoms with Gasteiger partial charge >= 0.3 is 0 Å². The molecule has 0 radical (unpaired) electrons. The molecule has 0 saturated heterocycles. The van der Waals surface area contributed by atoms with Crippen molar-refractivity contribution < 1.29 is 13.2 Å². The van der Waals surface area contributed by atoms with Crippen LogP contribution in [0.3, 0.4) is 0 Å². The van der Waals surface area contributed by atoms with E-state index in [9.17, 15) is 13.2 Å². The number of rotatable bonds is 5. The van der Waals surface area contributed by atoms with Crippen LogP contribution in [0.5, 0.6) is 0 Å². The highest BCUT2D eigenvalue weighted by Gasteiger charge is 2.26. The van der Waals surface area contributed by atoms with Gasteiger partial charge in [0.2, 0.25) is 15.9 Å². The standard InChI is InChI=1S/C11H16BrN3O3S/c1-6(2)10(11(14)16)15-19(17,18)7-3-4-8(12)9(13)5-7/h3-6,10,15H,13H2,1-2H3,(H2,14,16). The molecule has 0 spiro atoms. The predicted octanol–water partition coefficient (Wildman–Crippen LogP) is 0.820. The van der Waals surface area contributed by atoms with E-state index in [4.69, 9.17) is 11.5 Å². The summed E-state index contributed by atoms with van der Waals surface area (Å²) in [5.41, 5.74) is 11.1. The molecular formula is C11H16BrN3O3S. The first-order valence-corrected chi connectivity index (χ1v) is 7.79. The first-order chi connectivity index (χ1) is 8.65. The average molecular weight is 350 g/mol. The van der Waals surface area contributed by atoms with Crippen LogP contribution in [-0.2, 0) is 14.8 Å². The van der Waals surface area contributed by atoms with Crippen LogP contribution in [0.2, 0.25) is 0 Å². The molecule has 1 amide bonds. The Morgan fingerprint density at radius 1 is 1.37 bits per heavy atom. The molecule has 1 rings (SSSR count). The van der Waals surface area contributed by atoms with Gasteiger partial charge in [0.05, 0.1) is 4.90 Å². The summed E-state index contributed by atoms with van der Waals surface area (Å²) in [5.74, 6) is -0.969. The van der Waals surface area contributed by atoms with Gasteiger partial charge in [-0.25, -0.2) is 8.42 Å². The van der Waals surface area contributed by atoms with Crippen molar-refractivity contribution in [1.82, 2.24) is 4.72 Å². The van der Waals surface area contributed by atoms with Crippen LogP contribution in [-0.4, -0.2) is 20.4 Å². The number of hydrogen-bond donors (Lipinski definition) is 3. The zero-order chi connectivity index (χ0) is 14.8. The molecule has 0 heterocycles. The van der Waals surface area contributed by atoms with E-state index in [1.54, 1.807) is 13.8 Å². The Morgan fingerprint density at radius 2 is 1.95 bits per heavy atom. The Balaban J connectivity index is 3.10. The zero-order valence-corrected chi connectivity index (χ0v) is 13.0. The maximum absolute atomic E-state index is 12.1. The van der Waals surface area contributed by atoms with E-state index in [-0.39, 0.29) is 10.8 Å². The second kappa shape index (κ2) is 5.89. The van der Waals surface area contributed by atoms with E-state index >= 15 is 0 Å². The Hall–Kier alpha value is -1.12. The highest BCUT2D eigenvalue weighted by atomic mass is 79.9. The van der Waals surface area contributed by atoms with Gasteiger partial charge < -0.3 is 11.5 Å². The van der Waals surface area contributed by atoms with Crippen molar-refractivity contribution >= 4 is 37.5 Å². The van der Waals surface area contributed by atoms with Gasteiger partial charge in [-0.1, -0.05) is 13.8 Å². The molecule has 1 aromatic carbocycles. The van der Waals surface area contributed by atoms with Crippen LogP contribution in [0.1, 0.15) is 13.8 Å². The molecule has 1 atom stereocenters. The molecular weight excluding hydrogens is 334 g/mol. The zero-order valence-electron chi connectivity index (χ0n) is 10.6. The molecule has 0 aliphatic carbocycles. The van der Waals surface area contributed by atoms with Crippen molar-refractivity contribution in [2.24, 2.45) is 11.7 Å². The summed E-state index contributed by atoms with van der Waals surface area (Å²) in [6, 6.07) is 3.26. The molecule has 0 bridgehead atoms. The molecule has 1 unspecified atom stereocenters. The summed E-state index contributed by atoms with van der Waals surface area (Å²) >= 11 is 3.18. The largest absolute Gasteiger partial charge is 0.398 e. The fourth-order valence-corrected chi connectivity index (χ4v) is 3.08. The number of amides is 1. The Kier molecular flexibility index (Phi) is 4.94. The van der Waals surface area contributed by atoms with Crippen LogP contribution in [0.4, 0.5) is 5.69 Å². The van der Waals surface area contributed by atoms with E-state index in [0.717, 1.165) is 0 Å². The second-order valence-corrected chi connectivity index (χ2v) is 7.00. The Labute approximate surface area is 120 Å². The molecule has 0 saturated carbocycles. The highest BCUT2D eigenvalue weighted by Crippen LogP contribution is 2.23. The molecule has 19 heavy (non-hydrogen) atoms. The van der Waals surface area contributed by atoms with Crippen LogP contribution >= 0.6 is 15.9 Å². The number of nitrogen functional groups attached to an aromatic ring is 1. The number of carbonyl (C=O) groups is 1. The van der Waals surface area contributed by atoms with Gasteiger partial charge in [0.25, 0.3) is 0 Å². The number of halogens is 1. The van der Waals surface area contributed by atoms with Gasteiger partial charge in [-0.3, -0.25) is 4.79 Å². The van der Waals surface area contributed by atoms with Gasteiger partial charge in [0, 0.05) is 10.2 Å². The Bertz CT molecular complexity index is 587. The minimum Gasteiger partial charge on any atom is -0.398 e. The summed E-state index contributed by atoms with van der Waals surface area (Å²) in [6.07, 6.45) is 0. The molecule has 1 aromatic rings. The number of nitrogens with one attached hydrogen (secondary N) is 1. The summed E-state index contributed by atoms with van der Waals surface area (Å²) in [6.45, 7) is 3.40. The van der Waals surface area contributed by atoms with Crippen LogP contribution in [0.25, 0.3) is 0 Å². The van der Waals surface area contributed by atoms with E-state index in [2.05, 4.69) is 20.7 Å². The van der Waals surface area contributed by atoms with Gasteiger partial charge in [-0.05, 0) is 40.0 Å². The normalized spacial score (nSPS) is 13.5. The van der Waals surface area contributed by atoms with E-state index in [0.29, 0.717) is 10.2 Å². The molecule has 0 aliphatic heterocycles. The van der Waals surface area contributed by atoms with Crippen LogP contribution in [0.15, 0.2) is 27.6 Å². The third-order valence-corrected chi connectivity index (χ3v) is 4.69. The third kappa shape index (κ3) is 3.92. The SMILES string of the molecule is CC(C)C(NS(=O)(=O)c1ccc(Br)c(N)c1)C(N)=O. The topological polar surface area (TPSA) is 115 Å². The minimum atomic E-state index is -3.84. The van der Waals surface area contributed by atoms with Crippen LogP contribution in [0, 0.1) is 5.92 Å². The summed E-state index contributed by atoms with van der Waals surface area (Å²) in [5, 5.41) is 0. The Morgan fingerprint density at radius 3 is 2.37 bits per heavy atom. The van der Waals surface area contributed by atoms with Gasteiger partial charge in [0.15, 0.2) is 0 Å². The number of carbonyl (C=O) groups excluding carboxylic acids is 1. The number of hydrogen-bond acceptors (Lipinski definition) is 4.